The summed E-state index contributed by atoms with van der Waals surface area (Å²) in [6.45, 7) is 1.73. The number of nitrogen functional groups attached to an aromatic ring is 1. The fourth-order valence-electron chi connectivity index (χ4n) is 0.836. The molecular weight excluding hydrogens is 196 g/mol. The van der Waals surface area contributed by atoms with Crippen LogP contribution in [0.4, 0.5) is 5.69 Å². The van der Waals surface area contributed by atoms with E-state index in [0.717, 1.165) is 4.88 Å². The highest BCUT2D eigenvalue weighted by Gasteiger charge is 2.22. The lowest BCUT2D eigenvalue weighted by Crippen LogP contribution is -2.20. The average molecular weight is 207 g/mol. The minimum absolute atomic E-state index is 0. The fourth-order valence-corrected chi connectivity index (χ4v) is 1.74. The van der Waals surface area contributed by atoms with Gasteiger partial charge in [0.15, 0.2) is 0 Å². The van der Waals surface area contributed by atoms with Crippen LogP contribution in [0.1, 0.15) is 17.6 Å². The molecule has 0 bridgehead atoms. The van der Waals surface area contributed by atoms with E-state index in [1.54, 1.807) is 13.0 Å². The highest BCUT2D eigenvalue weighted by molar-refractivity contribution is 7.11. The van der Waals surface area contributed by atoms with Crippen molar-refractivity contribution in [1.82, 2.24) is 0 Å². The number of thiophene rings is 1. The zero-order valence-corrected chi connectivity index (χ0v) is 8.23. The maximum atomic E-state index is 8.82. The monoisotopic (exact) mass is 207 g/mol. The summed E-state index contributed by atoms with van der Waals surface area (Å²) in [6.07, 6.45) is 0. The number of hydrogen-bond acceptors (Lipinski definition) is 4. The van der Waals surface area contributed by atoms with Gasteiger partial charge in [-0.2, -0.15) is 0 Å². The van der Waals surface area contributed by atoms with E-state index < -0.39 is 7.12 Å². The van der Waals surface area contributed by atoms with Crippen LogP contribution in [0.25, 0.3) is 0 Å². The molecule has 0 fully saturated rings. The summed E-state index contributed by atoms with van der Waals surface area (Å²) in [5.41, 5.74) is 6.20. The number of nitrogens with two attached hydrogens (primary N) is 1. The molecule has 1 aromatic rings. The van der Waals surface area contributed by atoms with Gasteiger partial charge in [0.05, 0.1) is 0 Å². The molecule has 0 amide bonds. The minimum Gasteiger partial charge on any atom is -0.427 e. The Kier molecular flexibility index (Phi) is 4.63. The molecule has 68 valence electrons. The number of rotatable bonds is 2. The smallest absolute Gasteiger partial charge is 0.427 e. The zero-order valence-electron chi connectivity index (χ0n) is 6.60. The highest BCUT2D eigenvalue weighted by Crippen LogP contribution is 2.28. The Balaban J connectivity index is 0.00000121. The molecule has 1 heterocycles. The summed E-state index contributed by atoms with van der Waals surface area (Å²) < 4.78 is 0. The van der Waals surface area contributed by atoms with Crippen LogP contribution in [0.15, 0.2) is 11.4 Å². The van der Waals surface area contributed by atoms with Crippen LogP contribution in [-0.4, -0.2) is 17.2 Å². The Morgan fingerprint density at radius 1 is 1.58 bits per heavy atom. The normalized spacial score (nSPS) is 11.9. The maximum absolute atomic E-state index is 8.82. The maximum Gasteiger partial charge on any atom is 0.460 e. The molecule has 0 radical (unpaired) electrons. The molecule has 3 nitrogen and oxygen atoms in total. The second kappa shape index (κ2) is 4.72. The van der Waals surface area contributed by atoms with Gasteiger partial charge in [-0.3, -0.25) is 0 Å². The largest absolute Gasteiger partial charge is 0.460 e. The van der Waals surface area contributed by atoms with Crippen molar-refractivity contribution in [2.75, 3.05) is 5.73 Å². The van der Waals surface area contributed by atoms with Gasteiger partial charge in [-0.15, -0.1) is 23.7 Å². The third-order valence-corrected chi connectivity index (χ3v) is 2.72. The van der Waals surface area contributed by atoms with E-state index in [1.807, 2.05) is 5.38 Å². The molecule has 1 rings (SSSR count). The Labute approximate surface area is 81.8 Å². The topological polar surface area (TPSA) is 66.5 Å². The molecule has 6 heteroatoms. The summed E-state index contributed by atoms with van der Waals surface area (Å²) in [5.74, 6) is -0.296. The van der Waals surface area contributed by atoms with Crippen LogP contribution >= 0.6 is 23.7 Å². The number of hydrogen-bond donors (Lipinski definition) is 3. The molecule has 0 saturated carbocycles. The minimum atomic E-state index is -1.32. The van der Waals surface area contributed by atoms with E-state index in [9.17, 15) is 0 Å². The molecule has 1 unspecified atom stereocenters. The molecule has 1 atom stereocenters. The molecule has 0 aliphatic rings. The second-order valence-electron chi connectivity index (χ2n) is 2.44. The van der Waals surface area contributed by atoms with Crippen molar-refractivity contribution in [3.05, 3.63) is 16.3 Å². The quantitative estimate of drug-likeness (QED) is 0.631. The molecular formula is C6H11BClNO2S. The van der Waals surface area contributed by atoms with Gasteiger partial charge in [-0.25, -0.2) is 0 Å². The van der Waals surface area contributed by atoms with Gasteiger partial charge in [0.1, 0.15) is 0 Å². The van der Waals surface area contributed by atoms with Crippen LogP contribution in [0, 0.1) is 0 Å². The van der Waals surface area contributed by atoms with Gasteiger partial charge in [0.2, 0.25) is 0 Å². The van der Waals surface area contributed by atoms with Crippen molar-refractivity contribution in [2.45, 2.75) is 12.7 Å². The molecule has 0 aliphatic heterocycles. The van der Waals surface area contributed by atoms with E-state index in [0.29, 0.717) is 5.69 Å². The molecule has 12 heavy (non-hydrogen) atoms. The molecule has 0 saturated heterocycles. The Bertz CT molecular complexity index is 243. The van der Waals surface area contributed by atoms with Gasteiger partial charge in [-0.05, 0) is 11.4 Å². The van der Waals surface area contributed by atoms with E-state index in [4.69, 9.17) is 15.8 Å². The summed E-state index contributed by atoms with van der Waals surface area (Å²) >= 11 is 1.44. The van der Waals surface area contributed by atoms with Crippen LogP contribution in [0.3, 0.4) is 0 Å². The van der Waals surface area contributed by atoms with Crippen LogP contribution < -0.4 is 5.73 Å². The van der Waals surface area contributed by atoms with Crippen molar-refractivity contribution < 1.29 is 10.0 Å². The van der Waals surface area contributed by atoms with Crippen molar-refractivity contribution >= 4 is 36.5 Å². The lowest BCUT2D eigenvalue weighted by Gasteiger charge is -2.07. The average Bonchev–Trinajstić information content (AvgIpc) is 2.33. The summed E-state index contributed by atoms with van der Waals surface area (Å²) in [4.78, 5) is 0.833. The Morgan fingerprint density at radius 3 is 2.50 bits per heavy atom. The Morgan fingerprint density at radius 2 is 2.17 bits per heavy atom. The van der Waals surface area contributed by atoms with Gasteiger partial charge in [0, 0.05) is 16.4 Å². The van der Waals surface area contributed by atoms with E-state index in [-0.39, 0.29) is 18.2 Å². The lowest BCUT2D eigenvalue weighted by molar-refractivity contribution is 0.393. The van der Waals surface area contributed by atoms with Crippen LogP contribution in [-0.2, 0) is 0 Å². The number of anilines is 1. The molecule has 0 spiro atoms. The standard InChI is InChI=1S/C6H10BNO2S.ClH/c1-4(7(9)10)6-5(8)2-3-11-6;/h2-4,9-10H,8H2,1H3;1H. The first-order valence-corrected chi connectivity index (χ1v) is 4.20. The van der Waals surface area contributed by atoms with Gasteiger partial charge in [-0.1, -0.05) is 6.92 Å². The molecule has 0 aliphatic carbocycles. The third-order valence-electron chi connectivity index (χ3n) is 1.59. The predicted molar refractivity (Wildman–Crippen MR) is 54.6 cm³/mol. The van der Waals surface area contributed by atoms with Crippen molar-refractivity contribution in [3.8, 4) is 0 Å². The highest BCUT2D eigenvalue weighted by atomic mass is 35.5. The molecule has 0 aromatic carbocycles. The predicted octanol–water partition coefficient (Wildman–Crippen LogP) is 0.868. The van der Waals surface area contributed by atoms with Gasteiger partial charge in [0.25, 0.3) is 0 Å². The van der Waals surface area contributed by atoms with Crippen molar-refractivity contribution in [2.24, 2.45) is 0 Å². The SMILES string of the molecule is CC(B(O)O)c1sccc1N.Cl. The van der Waals surface area contributed by atoms with E-state index >= 15 is 0 Å². The van der Waals surface area contributed by atoms with Crippen LogP contribution in [0.5, 0.6) is 0 Å². The first-order chi connectivity index (χ1) is 5.13. The summed E-state index contributed by atoms with van der Waals surface area (Å²) in [6, 6.07) is 1.76. The molecule has 1 aromatic heterocycles. The summed E-state index contributed by atoms with van der Waals surface area (Å²) in [7, 11) is -1.32. The molecule has 4 N–H and O–H groups in total. The van der Waals surface area contributed by atoms with E-state index in [1.165, 1.54) is 11.3 Å². The Hall–Kier alpha value is -0.225. The zero-order chi connectivity index (χ0) is 8.43. The lowest BCUT2D eigenvalue weighted by atomic mass is 9.73. The summed E-state index contributed by atoms with van der Waals surface area (Å²) in [5, 5.41) is 19.5. The first-order valence-electron chi connectivity index (χ1n) is 3.32. The second-order valence-corrected chi connectivity index (χ2v) is 3.39. The van der Waals surface area contributed by atoms with Gasteiger partial charge < -0.3 is 15.8 Å². The van der Waals surface area contributed by atoms with Gasteiger partial charge >= 0.3 is 7.12 Å². The first kappa shape index (κ1) is 11.8. The third kappa shape index (κ3) is 2.38. The number of halogens is 1. The van der Waals surface area contributed by atoms with Crippen LogP contribution in [0.2, 0.25) is 0 Å². The van der Waals surface area contributed by atoms with E-state index in [2.05, 4.69) is 0 Å². The van der Waals surface area contributed by atoms with Crippen molar-refractivity contribution in [3.63, 3.8) is 0 Å². The van der Waals surface area contributed by atoms with Crippen molar-refractivity contribution in [1.29, 1.82) is 0 Å². The fraction of sp³-hybridized carbons (Fsp3) is 0.333.